The number of aromatic nitrogens is 4. The first-order chi connectivity index (χ1) is 31.1. The molecule has 9 heteroatoms. The van der Waals surface area contributed by atoms with E-state index in [4.69, 9.17) is 17.5 Å². The Morgan fingerprint density at radius 1 is 0.444 bits per heavy atom. The Kier molecular flexibility index (Phi) is 14.1. The van der Waals surface area contributed by atoms with E-state index >= 15 is 0 Å². The van der Waals surface area contributed by atoms with Crippen LogP contribution in [0.2, 0.25) is 0 Å². The van der Waals surface area contributed by atoms with E-state index in [1.54, 1.807) is 0 Å². The molecule has 0 unspecified atom stereocenters. The topological polar surface area (TPSA) is 54.8 Å². The molecule has 0 aliphatic heterocycles. The highest BCUT2D eigenvalue weighted by atomic mass is 32.1. The molecule has 0 aliphatic rings. The highest BCUT2D eigenvalue weighted by molar-refractivity contribution is 7.14. The number of hydrogen-bond donors (Lipinski definition) is 0. The van der Waals surface area contributed by atoms with Gasteiger partial charge in [-0.05, 0) is 107 Å². The van der Waals surface area contributed by atoms with Gasteiger partial charge in [-0.15, -0.1) is 22.7 Å². The van der Waals surface area contributed by atoms with Gasteiger partial charge in [-0.2, -0.15) is 17.5 Å². The minimum atomic E-state index is 0.957. The number of unbranched alkanes of at least 4 members (excludes halogenated alkanes) is 6. The van der Waals surface area contributed by atoms with E-state index in [2.05, 4.69) is 169 Å². The maximum atomic E-state index is 4.75. The van der Waals surface area contributed by atoms with E-state index in [-0.39, 0.29) is 0 Å². The standard InChI is InChI=1S/C54H51N5S4/c1-3-5-7-10-14-40-34-49(60-36-40)47-32-26-42(51-53(47)57-62-55-51)24-18-38-20-28-45(29-21-38)59(44-16-12-9-13-17-44)46-30-22-39(23-31-46)19-25-43-27-33-48(54-52(43)56-63-58-54)50-35-41(37-61-50)15-11-8-6-4-2/h9,12-13,16-37H,3-8,10-11,14-15H2,1-2H3/b24-18+,25-19+. The molecule has 4 aromatic heterocycles. The van der Waals surface area contributed by atoms with E-state index in [9.17, 15) is 0 Å². The Morgan fingerprint density at radius 3 is 1.35 bits per heavy atom. The summed E-state index contributed by atoms with van der Waals surface area (Å²) in [5.41, 5.74) is 16.7. The van der Waals surface area contributed by atoms with E-state index in [0.29, 0.717) is 0 Å². The first kappa shape index (κ1) is 42.7. The first-order valence-electron chi connectivity index (χ1n) is 22.2. The highest BCUT2D eigenvalue weighted by Gasteiger charge is 2.16. The Balaban J connectivity index is 0.896. The normalized spacial score (nSPS) is 11.8. The number of nitrogens with zero attached hydrogens (tertiary/aromatic N) is 5. The summed E-state index contributed by atoms with van der Waals surface area (Å²) in [6, 6.07) is 41.6. The summed E-state index contributed by atoms with van der Waals surface area (Å²) in [5, 5.41) is 4.62. The number of para-hydroxylation sites is 1. The van der Waals surface area contributed by atoms with Crippen molar-refractivity contribution < 1.29 is 0 Å². The van der Waals surface area contributed by atoms with Gasteiger partial charge in [-0.25, -0.2) is 0 Å². The van der Waals surface area contributed by atoms with Crippen molar-refractivity contribution >= 4 is 110 Å². The number of rotatable bonds is 19. The Morgan fingerprint density at radius 2 is 0.889 bits per heavy atom. The average molecular weight is 898 g/mol. The van der Waals surface area contributed by atoms with Crippen molar-refractivity contribution in [3.8, 4) is 20.9 Å². The van der Waals surface area contributed by atoms with Crippen molar-refractivity contribution in [1.29, 1.82) is 0 Å². The van der Waals surface area contributed by atoms with Crippen molar-refractivity contribution in [2.24, 2.45) is 0 Å². The second kappa shape index (κ2) is 20.7. The molecule has 5 aromatic carbocycles. The van der Waals surface area contributed by atoms with Crippen LogP contribution in [0, 0.1) is 0 Å². The Labute approximate surface area is 387 Å². The third kappa shape index (κ3) is 10.1. The lowest BCUT2D eigenvalue weighted by molar-refractivity contribution is 0.667. The fourth-order valence-corrected chi connectivity index (χ4v) is 11.2. The van der Waals surface area contributed by atoms with Gasteiger partial charge < -0.3 is 4.90 Å². The van der Waals surface area contributed by atoms with Gasteiger partial charge in [0.05, 0.1) is 23.5 Å². The summed E-state index contributed by atoms with van der Waals surface area (Å²) in [5.74, 6) is 0. The molecule has 0 atom stereocenters. The van der Waals surface area contributed by atoms with Crippen LogP contribution in [0.4, 0.5) is 17.1 Å². The number of benzene rings is 5. The largest absolute Gasteiger partial charge is 0.311 e. The molecule has 0 aliphatic carbocycles. The lowest BCUT2D eigenvalue weighted by Gasteiger charge is -2.25. The van der Waals surface area contributed by atoms with Crippen LogP contribution < -0.4 is 4.90 Å². The summed E-state index contributed by atoms with van der Waals surface area (Å²) in [6.07, 6.45) is 21.2. The van der Waals surface area contributed by atoms with Crippen molar-refractivity contribution in [1.82, 2.24) is 17.5 Å². The van der Waals surface area contributed by atoms with Gasteiger partial charge in [0.2, 0.25) is 0 Å². The molecule has 0 amide bonds. The molecule has 316 valence electrons. The lowest BCUT2D eigenvalue weighted by Crippen LogP contribution is -2.09. The van der Waals surface area contributed by atoms with Gasteiger partial charge in [0.1, 0.15) is 22.1 Å². The molecule has 0 radical (unpaired) electrons. The number of hydrogen-bond acceptors (Lipinski definition) is 9. The van der Waals surface area contributed by atoms with Gasteiger partial charge in [0.15, 0.2) is 0 Å². The van der Waals surface area contributed by atoms with E-state index < -0.39 is 0 Å². The Bertz CT molecular complexity index is 2750. The van der Waals surface area contributed by atoms with Crippen molar-refractivity contribution in [2.75, 3.05) is 4.90 Å². The summed E-state index contributed by atoms with van der Waals surface area (Å²) >= 11 is 6.20. The molecule has 0 spiro atoms. The van der Waals surface area contributed by atoms with Crippen LogP contribution in [-0.2, 0) is 12.8 Å². The molecule has 9 aromatic rings. The molecule has 4 heterocycles. The zero-order valence-corrected chi connectivity index (χ0v) is 39.1. The molecule has 0 fully saturated rings. The second-order valence-electron chi connectivity index (χ2n) is 16.1. The van der Waals surface area contributed by atoms with Gasteiger partial charge in [0.25, 0.3) is 0 Å². The van der Waals surface area contributed by atoms with Crippen LogP contribution in [0.25, 0.3) is 67.3 Å². The fraction of sp³-hybridized carbons (Fsp3) is 0.222. The van der Waals surface area contributed by atoms with Gasteiger partial charge >= 0.3 is 0 Å². The van der Waals surface area contributed by atoms with Crippen LogP contribution in [-0.4, -0.2) is 17.5 Å². The van der Waals surface area contributed by atoms with Crippen LogP contribution in [0.15, 0.2) is 126 Å². The molecular formula is C54H51N5S4. The number of thiophene rings is 2. The minimum Gasteiger partial charge on any atom is -0.311 e. The second-order valence-corrected chi connectivity index (χ2v) is 19.0. The van der Waals surface area contributed by atoms with Crippen LogP contribution in [0.3, 0.4) is 0 Å². The van der Waals surface area contributed by atoms with Crippen LogP contribution in [0.5, 0.6) is 0 Å². The maximum Gasteiger partial charge on any atom is 0.114 e. The number of aryl methyl sites for hydroxylation is 2. The molecule has 0 saturated heterocycles. The smallest absolute Gasteiger partial charge is 0.114 e. The lowest BCUT2D eigenvalue weighted by atomic mass is 10.0. The van der Waals surface area contributed by atoms with Crippen LogP contribution >= 0.6 is 46.1 Å². The minimum absolute atomic E-state index is 0.957. The van der Waals surface area contributed by atoms with Crippen molar-refractivity contribution in [3.05, 3.63) is 159 Å². The van der Waals surface area contributed by atoms with Crippen molar-refractivity contribution in [3.63, 3.8) is 0 Å². The molecule has 63 heavy (non-hydrogen) atoms. The van der Waals surface area contributed by atoms with E-state index in [0.717, 1.165) is 74.2 Å². The monoisotopic (exact) mass is 897 g/mol. The van der Waals surface area contributed by atoms with Crippen molar-refractivity contribution in [2.45, 2.75) is 78.1 Å². The Hall–Kier alpha value is -5.58. The van der Waals surface area contributed by atoms with Gasteiger partial charge in [0, 0.05) is 49.1 Å². The number of fused-ring (bicyclic) bond motifs is 2. The molecule has 9 rings (SSSR count). The third-order valence-electron chi connectivity index (χ3n) is 11.6. The molecule has 0 bridgehead atoms. The zero-order valence-electron chi connectivity index (χ0n) is 35.9. The number of anilines is 3. The molecular weight excluding hydrogens is 847 g/mol. The highest BCUT2D eigenvalue weighted by Crippen LogP contribution is 2.38. The van der Waals surface area contributed by atoms with E-state index in [1.807, 2.05) is 22.7 Å². The average Bonchev–Trinajstić information content (AvgIpc) is 4.18. The van der Waals surface area contributed by atoms with E-state index in [1.165, 1.54) is 107 Å². The van der Waals surface area contributed by atoms with Gasteiger partial charge in [-0.3, -0.25) is 0 Å². The predicted molar refractivity (Wildman–Crippen MR) is 276 cm³/mol. The predicted octanol–water partition coefficient (Wildman–Crippen LogP) is 17.2. The maximum absolute atomic E-state index is 4.75. The van der Waals surface area contributed by atoms with Crippen LogP contribution in [0.1, 0.15) is 98.6 Å². The SMILES string of the molecule is CCCCCCc1csc(-c2ccc(/C=C/c3ccc(N(c4ccccc4)c4ccc(/C=C/c5ccc(-c6cc(CCCCCC)cs6)c6nsnc56)cc4)cc3)c3nsnc23)c1. The summed E-state index contributed by atoms with van der Waals surface area (Å²) in [7, 11) is 0. The first-order valence-corrected chi connectivity index (χ1v) is 25.4. The third-order valence-corrected chi connectivity index (χ3v) is 14.7. The molecule has 0 saturated carbocycles. The van der Waals surface area contributed by atoms with Gasteiger partial charge in [-0.1, -0.05) is 143 Å². The quantitative estimate of drug-likeness (QED) is 0.0598. The molecule has 5 nitrogen and oxygen atoms in total. The molecule has 0 N–H and O–H groups in total. The summed E-state index contributed by atoms with van der Waals surface area (Å²) < 4.78 is 19.0. The zero-order chi connectivity index (χ0) is 42.8. The summed E-state index contributed by atoms with van der Waals surface area (Å²) in [4.78, 5) is 4.84. The summed E-state index contributed by atoms with van der Waals surface area (Å²) in [6.45, 7) is 4.53. The fourth-order valence-electron chi connectivity index (χ4n) is 8.11.